The molecule has 5 aromatic rings. The second-order valence-corrected chi connectivity index (χ2v) is 14.9. The number of hydrogen-bond acceptors (Lipinski definition) is 12. The molecule has 2 bridgehead atoms. The van der Waals surface area contributed by atoms with E-state index < -0.39 is 0 Å². The normalized spacial score (nSPS) is 16.5. The zero-order chi connectivity index (χ0) is 38.9. The first kappa shape index (κ1) is 36.0. The Hall–Kier alpha value is -6.69. The average Bonchev–Trinajstić information content (AvgIpc) is 3.72. The molecule has 0 aliphatic carbocycles. The molecule has 2 saturated heterocycles. The molecule has 12 heteroatoms. The predicted octanol–water partition coefficient (Wildman–Crippen LogP) is 8.70. The topological polar surface area (TPSA) is 151 Å². The van der Waals surface area contributed by atoms with E-state index >= 15 is 0 Å². The lowest BCUT2D eigenvalue weighted by Gasteiger charge is -2.29. The van der Waals surface area contributed by atoms with Gasteiger partial charge >= 0.3 is 0 Å². The molecule has 7 heterocycles. The number of rotatable bonds is 10. The standard InChI is InChI=1S/C45H45N9O3/c1-28-9-15-41(56-28)47-39-26-31(53-18-5-3-6-19-53)11-13-33(39)37-24-30-23-35-43(49-37)51-45(36(46)17-22-55)52-44(35)50-38(25-30)34-14-12-32(54-20-7-4-8-21-54)27-40(34)48-42-16-10-29(2)57-42/h9-17,22-27,46-48,55H,3-8,18-21H2,1-2H3/b22-17-,46-36?. The van der Waals surface area contributed by atoms with E-state index in [1.165, 1.54) is 18.9 Å². The molecule has 3 aromatic heterocycles. The van der Waals surface area contributed by atoms with Crippen LogP contribution in [-0.4, -0.2) is 52.7 Å². The van der Waals surface area contributed by atoms with E-state index in [1.807, 2.05) is 56.3 Å². The number of fused-ring (bicyclic) bond motifs is 1. The minimum absolute atomic E-state index is 0.0708. The summed E-state index contributed by atoms with van der Waals surface area (Å²) in [6, 6.07) is 20.6. The fourth-order valence-corrected chi connectivity index (χ4v) is 7.88. The molecule has 9 rings (SSSR count). The molecule has 12 nitrogen and oxygen atoms in total. The second kappa shape index (κ2) is 15.4. The number of aromatic nitrogens is 2. The third-order valence-corrected chi connectivity index (χ3v) is 10.8. The number of benzene rings is 2. The lowest BCUT2D eigenvalue weighted by atomic mass is 10.0. The molecule has 2 fully saturated rings. The predicted molar refractivity (Wildman–Crippen MR) is 227 cm³/mol. The Morgan fingerprint density at radius 2 is 1.30 bits per heavy atom. The highest BCUT2D eigenvalue weighted by Crippen LogP contribution is 2.36. The van der Waals surface area contributed by atoms with Gasteiger partial charge in [0.15, 0.2) is 28.9 Å². The van der Waals surface area contributed by atoms with Crippen LogP contribution < -0.4 is 31.1 Å². The summed E-state index contributed by atoms with van der Waals surface area (Å²) in [5.41, 5.74) is 8.14. The summed E-state index contributed by atoms with van der Waals surface area (Å²) < 4.78 is 12.0. The smallest absolute Gasteiger partial charge is 0.197 e. The van der Waals surface area contributed by atoms with Crippen LogP contribution in [0.3, 0.4) is 0 Å². The van der Waals surface area contributed by atoms with Crippen molar-refractivity contribution in [3.05, 3.63) is 130 Å². The first-order valence-electron chi connectivity index (χ1n) is 19.7. The first-order valence-corrected chi connectivity index (χ1v) is 19.7. The number of aliphatic hydroxyl groups excluding tert-OH is 1. The molecule has 4 aliphatic rings. The maximum atomic E-state index is 9.59. The fraction of sp³-hybridized carbons (Fsp3) is 0.267. The van der Waals surface area contributed by atoms with Crippen LogP contribution >= 0.6 is 0 Å². The molecular weight excluding hydrogens is 715 g/mol. The number of furan rings is 2. The minimum atomic E-state index is -0.0708. The summed E-state index contributed by atoms with van der Waals surface area (Å²) in [5.74, 6) is 3.34. The number of aliphatic imine (C=N–C) groups is 1. The molecule has 0 spiro atoms. The zero-order valence-electron chi connectivity index (χ0n) is 32.2. The van der Waals surface area contributed by atoms with Crippen molar-refractivity contribution in [1.82, 2.24) is 9.97 Å². The summed E-state index contributed by atoms with van der Waals surface area (Å²) in [7, 11) is 0. The van der Waals surface area contributed by atoms with E-state index in [0.717, 1.165) is 109 Å². The Balaban J connectivity index is 1.22. The highest BCUT2D eigenvalue weighted by molar-refractivity contribution is 6.15. The highest BCUT2D eigenvalue weighted by atomic mass is 16.4. The van der Waals surface area contributed by atoms with Crippen LogP contribution in [0.2, 0.25) is 0 Å². The molecule has 0 atom stereocenters. The fourth-order valence-electron chi connectivity index (χ4n) is 7.88. The van der Waals surface area contributed by atoms with Crippen molar-refractivity contribution < 1.29 is 13.9 Å². The van der Waals surface area contributed by atoms with Gasteiger partial charge in [-0.05, 0) is 125 Å². The van der Waals surface area contributed by atoms with E-state index in [4.69, 9.17) is 34.2 Å². The molecule has 0 unspecified atom stereocenters. The Bertz CT molecular complexity index is 2620. The van der Waals surface area contributed by atoms with E-state index in [1.54, 1.807) is 0 Å². The van der Waals surface area contributed by atoms with Crippen LogP contribution in [0.1, 0.15) is 67.0 Å². The molecule has 0 amide bonds. The molecule has 288 valence electrons. The van der Waals surface area contributed by atoms with Gasteiger partial charge in [0, 0.05) is 66.9 Å². The van der Waals surface area contributed by atoms with E-state index in [0.29, 0.717) is 39.7 Å². The number of anilines is 6. The quantitative estimate of drug-likeness (QED) is 0.0810. The van der Waals surface area contributed by atoms with Crippen molar-refractivity contribution in [3.63, 3.8) is 0 Å². The number of nitrogens with zero attached hydrogens (tertiary/aromatic N) is 6. The molecule has 4 N–H and O–H groups in total. The molecule has 4 aliphatic heterocycles. The Kier molecular flexibility index (Phi) is 9.75. The molecule has 57 heavy (non-hydrogen) atoms. The molecule has 0 radical (unpaired) electrons. The van der Waals surface area contributed by atoms with Gasteiger partial charge in [0.05, 0.1) is 34.3 Å². The van der Waals surface area contributed by atoms with Gasteiger partial charge in [-0.2, -0.15) is 0 Å². The second-order valence-electron chi connectivity index (χ2n) is 14.9. The lowest BCUT2D eigenvalue weighted by Crippen LogP contribution is -2.32. The van der Waals surface area contributed by atoms with Crippen LogP contribution in [-0.2, 0) is 0 Å². The maximum Gasteiger partial charge on any atom is 0.197 e. The Morgan fingerprint density at radius 1 is 0.702 bits per heavy atom. The summed E-state index contributed by atoms with van der Waals surface area (Å²) in [5, 5.41) is 26.0. The summed E-state index contributed by atoms with van der Waals surface area (Å²) in [4.78, 5) is 24.7. The average molecular weight is 760 g/mol. The highest BCUT2D eigenvalue weighted by Gasteiger charge is 2.22. The molecular formula is C45H45N9O3. The van der Waals surface area contributed by atoms with Gasteiger partial charge < -0.3 is 34.4 Å². The van der Waals surface area contributed by atoms with Gasteiger partial charge in [-0.15, -0.1) is 0 Å². The third kappa shape index (κ3) is 7.62. The monoisotopic (exact) mass is 759 g/mol. The van der Waals surface area contributed by atoms with Crippen molar-refractivity contribution in [3.8, 4) is 0 Å². The number of allylic oxidation sites excluding steroid dienone is 4. The number of aliphatic hydroxyl groups is 1. The maximum absolute atomic E-state index is 9.59. The van der Waals surface area contributed by atoms with Gasteiger partial charge in [0.25, 0.3) is 0 Å². The van der Waals surface area contributed by atoms with Gasteiger partial charge in [-0.25, -0.2) is 20.0 Å². The SMILES string of the molecule is Cc1ccc(Nc2cc(N3CCCCC3)ccc2C2=CC3=CC(c4ccc(N5CCCCC5)cc4Nc4ccc(C)o4)=Nc4nc(C(=N)/C=C\O)nc(c4=C3)=N2)o1. The summed E-state index contributed by atoms with van der Waals surface area (Å²) in [6.45, 7) is 7.89. The van der Waals surface area contributed by atoms with Crippen molar-refractivity contribution in [2.75, 3.05) is 46.6 Å². The Morgan fingerprint density at radius 3 is 1.88 bits per heavy atom. The van der Waals surface area contributed by atoms with Gasteiger partial charge in [-0.1, -0.05) is 0 Å². The van der Waals surface area contributed by atoms with E-state index in [-0.39, 0.29) is 11.5 Å². The van der Waals surface area contributed by atoms with E-state index in [2.05, 4.69) is 56.8 Å². The van der Waals surface area contributed by atoms with Crippen LogP contribution in [0.15, 0.2) is 110 Å². The molecule has 0 saturated carbocycles. The number of piperidine rings is 2. The van der Waals surface area contributed by atoms with Crippen LogP contribution in [0.4, 0.5) is 40.3 Å². The van der Waals surface area contributed by atoms with Crippen LogP contribution in [0, 0.1) is 19.3 Å². The lowest BCUT2D eigenvalue weighted by molar-refractivity contribution is 0.474. The van der Waals surface area contributed by atoms with Crippen LogP contribution in [0.5, 0.6) is 0 Å². The summed E-state index contributed by atoms with van der Waals surface area (Å²) >= 11 is 0. The summed E-state index contributed by atoms with van der Waals surface area (Å²) in [6.07, 6.45) is 15.3. The largest absolute Gasteiger partial charge is 0.516 e. The number of aryl methyl sites for hydroxylation is 2. The number of nitrogens with one attached hydrogen (secondary N) is 3. The number of hydrogen-bond donors (Lipinski definition) is 4. The first-order chi connectivity index (χ1) is 27.9. The van der Waals surface area contributed by atoms with Crippen LogP contribution in [0.25, 0.3) is 11.8 Å². The van der Waals surface area contributed by atoms with Gasteiger partial charge in [-0.3, -0.25) is 5.41 Å². The molecule has 2 aromatic carbocycles. The van der Waals surface area contributed by atoms with Crippen molar-refractivity contribution in [2.45, 2.75) is 52.4 Å². The van der Waals surface area contributed by atoms with Crippen molar-refractivity contribution >= 4 is 63.5 Å². The zero-order valence-corrected chi connectivity index (χ0v) is 32.2. The van der Waals surface area contributed by atoms with E-state index in [9.17, 15) is 5.11 Å². The Labute approximate surface area is 330 Å². The van der Waals surface area contributed by atoms with Crippen molar-refractivity contribution in [1.29, 1.82) is 5.41 Å². The van der Waals surface area contributed by atoms with Gasteiger partial charge in [0.1, 0.15) is 17.2 Å². The van der Waals surface area contributed by atoms with Gasteiger partial charge in [0.2, 0.25) is 0 Å². The third-order valence-electron chi connectivity index (χ3n) is 10.8. The van der Waals surface area contributed by atoms with Crippen molar-refractivity contribution in [2.24, 2.45) is 9.98 Å². The minimum Gasteiger partial charge on any atom is -0.516 e.